The monoisotopic (exact) mass is 542 g/mol. The van der Waals surface area contributed by atoms with Gasteiger partial charge in [-0.3, -0.25) is 26.5 Å². The van der Waals surface area contributed by atoms with E-state index in [9.17, 15) is 4.79 Å². The van der Waals surface area contributed by atoms with E-state index in [1.165, 1.54) is 0 Å². The van der Waals surface area contributed by atoms with Crippen molar-refractivity contribution in [3.63, 3.8) is 0 Å². The fraction of sp³-hybridized carbons (Fsp3) is 0.222. The third-order valence-electron chi connectivity index (χ3n) is 2.87. The maximum atomic E-state index is 11.6. The number of carbonyl (C=O) groups excluding carboxylic acids is 4. The van der Waals surface area contributed by atoms with Crippen molar-refractivity contribution < 1.29 is 39.6 Å². The molecule has 1 N–H and O–H groups in total. The Labute approximate surface area is 173 Å². The average molecular weight is 542 g/mol. The Morgan fingerprint density at radius 3 is 1.67 bits per heavy atom. The molecule has 9 heteroatoms. The molecule has 0 aliphatic carbocycles. The van der Waals surface area contributed by atoms with Gasteiger partial charge in [-0.15, -0.1) is 0 Å². The van der Waals surface area contributed by atoms with Gasteiger partial charge in [0.2, 0.25) is 5.91 Å². The maximum Gasteiger partial charge on any atom is 0.233 e. The van der Waals surface area contributed by atoms with Crippen LogP contribution in [0.2, 0.25) is 0 Å². The number of likely N-dealkylation sites (N-methyl/N-ethyl adjacent to an activating group) is 1. The fourth-order valence-corrected chi connectivity index (χ4v) is 1.89. The van der Waals surface area contributed by atoms with E-state index < -0.39 is 0 Å². The Hall–Kier alpha value is -2.60. The summed E-state index contributed by atoms with van der Waals surface area (Å²) in [5.41, 5.74) is 1.87. The zero-order valence-corrected chi connectivity index (χ0v) is 17.4. The van der Waals surface area contributed by atoms with Crippen LogP contribution in [0.1, 0.15) is 11.4 Å². The molecule has 3 radical (unpaired) electrons. The van der Waals surface area contributed by atoms with Crippen molar-refractivity contribution in [1.29, 1.82) is 0 Å². The number of amides is 1. The fourth-order valence-electron chi connectivity index (χ4n) is 1.89. The van der Waals surface area contributed by atoms with Crippen LogP contribution in [0.15, 0.2) is 48.8 Å². The average Bonchev–Trinajstić information content (AvgIpc) is 2.74. The van der Waals surface area contributed by atoms with Gasteiger partial charge in [-0.2, -0.15) is 0 Å². The molecule has 0 aromatic carbocycles. The molecule has 2 aromatic heterocycles. The van der Waals surface area contributed by atoms with Crippen LogP contribution in [0.3, 0.4) is 0 Å². The summed E-state index contributed by atoms with van der Waals surface area (Å²) in [4.78, 5) is 45.0. The third-order valence-corrected chi connectivity index (χ3v) is 2.87. The van der Waals surface area contributed by atoms with Gasteiger partial charge in [0.25, 0.3) is 0 Å². The second-order valence-electron chi connectivity index (χ2n) is 4.46. The molecule has 8 nitrogen and oxygen atoms in total. The molecule has 2 aromatic rings. The van der Waals surface area contributed by atoms with Crippen LogP contribution < -0.4 is 5.32 Å². The van der Waals surface area contributed by atoms with Crippen molar-refractivity contribution >= 4 is 26.3 Å². The van der Waals surface area contributed by atoms with Crippen LogP contribution in [0, 0.1) is 0 Å². The standard InChI is InChI=1S/C15H18N4O.CHO.2CO.Re/c1-16-15(20)12-19(10-13-6-2-4-8-17-13)11-14-7-3-5-9-18-14;3*1-2;/h2-9H,10-12H2,1H3,(H,16,20);1H;;;/q;3*-1;. The third kappa shape index (κ3) is 14.3. The summed E-state index contributed by atoms with van der Waals surface area (Å²) in [6.45, 7) is 13.8. The molecule has 0 bridgehead atoms. The predicted molar refractivity (Wildman–Crippen MR) is 94.8 cm³/mol. The molecule has 2 rings (SSSR count). The first kappa shape index (κ1) is 29.2. The van der Waals surface area contributed by atoms with Crippen LogP contribution in [0.5, 0.6) is 0 Å². The molecule has 0 spiro atoms. The van der Waals surface area contributed by atoms with Crippen LogP contribution in [-0.2, 0) is 52.7 Å². The number of pyridine rings is 2. The quantitative estimate of drug-likeness (QED) is 0.410. The summed E-state index contributed by atoms with van der Waals surface area (Å²) in [6.07, 6.45) is 3.52. The van der Waals surface area contributed by atoms with Gasteiger partial charge in [0.15, 0.2) is 0 Å². The number of nitrogens with one attached hydrogen (secondary N) is 1. The number of carbonyl (C=O) groups is 1. The van der Waals surface area contributed by atoms with Gasteiger partial charge in [0, 0.05) is 53.0 Å². The molecule has 0 atom stereocenters. The normalized spacial score (nSPS) is 8.22. The van der Waals surface area contributed by atoms with Gasteiger partial charge in [-0.1, -0.05) is 12.1 Å². The van der Waals surface area contributed by atoms with Crippen molar-refractivity contribution in [1.82, 2.24) is 20.2 Å². The van der Waals surface area contributed by atoms with Crippen LogP contribution in [0.4, 0.5) is 0 Å². The van der Waals surface area contributed by atoms with Gasteiger partial charge < -0.3 is 33.3 Å². The molecule has 145 valence electrons. The first-order valence-electron chi connectivity index (χ1n) is 7.15. The molecule has 0 saturated heterocycles. The van der Waals surface area contributed by atoms with Gasteiger partial charge in [0.05, 0.1) is 17.9 Å². The Morgan fingerprint density at radius 2 is 1.37 bits per heavy atom. The second-order valence-corrected chi connectivity index (χ2v) is 4.46. The molecule has 2 heterocycles. The summed E-state index contributed by atoms with van der Waals surface area (Å²) in [5.74, 6) is -0.0168. The SMILES string of the molecule is CNC(=O)CN(Cc1ccccn1)Cc1ccccn1.[C-]=O.[C-]=O.[CH-]=O.[Re]. The van der Waals surface area contributed by atoms with E-state index in [4.69, 9.17) is 14.4 Å². The van der Waals surface area contributed by atoms with Crippen molar-refractivity contribution in [2.75, 3.05) is 13.6 Å². The largest absolute Gasteiger partial charge is 0.573 e. The van der Waals surface area contributed by atoms with E-state index in [-0.39, 0.29) is 26.3 Å². The Balaban J connectivity index is -0.000000749. The zero-order valence-electron chi connectivity index (χ0n) is 14.7. The molecule has 0 fully saturated rings. The summed E-state index contributed by atoms with van der Waals surface area (Å²) >= 11 is 0. The van der Waals surface area contributed by atoms with Gasteiger partial charge in [-0.05, 0) is 24.3 Å². The number of rotatable bonds is 6. The van der Waals surface area contributed by atoms with Crippen molar-refractivity contribution in [3.8, 4) is 0 Å². The second kappa shape index (κ2) is 21.4. The molecule has 0 saturated carbocycles. The number of aromatic nitrogens is 2. The number of hydrogen-bond acceptors (Lipinski definition) is 7. The van der Waals surface area contributed by atoms with Crippen LogP contribution in [-0.4, -0.2) is 54.7 Å². The Kier molecular flexibility index (Phi) is 23.2. The maximum absolute atomic E-state index is 11.6. The smallest absolute Gasteiger partial charge is 0.233 e. The van der Waals surface area contributed by atoms with E-state index in [1.807, 2.05) is 41.3 Å². The summed E-state index contributed by atoms with van der Waals surface area (Å²) in [7, 11) is 1.64. The number of nitrogens with zero attached hydrogens (tertiary/aromatic N) is 3. The minimum absolute atomic E-state index is 0. The van der Waals surface area contributed by atoms with E-state index in [0.29, 0.717) is 19.6 Å². The molecular weight excluding hydrogens is 522 g/mol. The van der Waals surface area contributed by atoms with Crippen LogP contribution >= 0.6 is 0 Å². The van der Waals surface area contributed by atoms with Crippen molar-refractivity contribution in [2.45, 2.75) is 13.1 Å². The van der Waals surface area contributed by atoms with E-state index in [0.717, 1.165) is 11.4 Å². The van der Waals surface area contributed by atoms with Gasteiger partial charge in [0.1, 0.15) is 0 Å². The van der Waals surface area contributed by atoms with Crippen LogP contribution in [0.25, 0.3) is 0 Å². The van der Waals surface area contributed by atoms with Crippen molar-refractivity contribution in [2.24, 2.45) is 0 Å². The first-order valence-corrected chi connectivity index (χ1v) is 7.15. The first-order chi connectivity index (χ1) is 12.8. The molecule has 0 aliphatic heterocycles. The van der Waals surface area contributed by atoms with Gasteiger partial charge >= 0.3 is 0 Å². The predicted octanol–water partition coefficient (Wildman–Crippen LogP) is 0.154. The zero-order chi connectivity index (χ0) is 20.2. The van der Waals surface area contributed by atoms with E-state index in [1.54, 1.807) is 19.4 Å². The summed E-state index contributed by atoms with van der Waals surface area (Å²) in [6, 6.07) is 11.6. The molecule has 1 amide bonds. The summed E-state index contributed by atoms with van der Waals surface area (Å²) < 4.78 is 0. The minimum atomic E-state index is -0.0168. The van der Waals surface area contributed by atoms with E-state index in [2.05, 4.69) is 35.7 Å². The summed E-state index contributed by atoms with van der Waals surface area (Å²) in [5, 5.41) is 2.65. The Bertz CT molecular complexity index is 544. The Morgan fingerprint density at radius 1 is 0.963 bits per heavy atom. The molecular formula is C18H19N4O4Re-3. The molecule has 0 aliphatic rings. The molecule has 0 unspecified atom stereocenters. The van der Waals surface area contributed by atoms with E-state index >= 15 is 0 Å². The van der Waals surface area contributed by atoms with Gasteiger partial charge in [-0.25, -0.2) is 0 Å². The molecule has 27 heavy (non-hydrogen) atoms. The number of hydrogen-bond donors (Lipinski definition) is 1. The topological polar surface area (TPSA) is 109 Å². The minimum Gasteiger partial charge on any atom is -0.573 e. The van der Waals surface area contributed by atoms with Crippen molar-refractivity contribution in [3.05, 3.63) is 60.2 Å².